The molecule has 7 aliphatic rings. The second kappa shape index (κ2) is 8.45. The van der Waals surface area contributed by atoms with Crippen molar-refractivity contribution in [2.75, 3.05) is 26.4 Å². The molecule has 1 saturated heterocycles. The van der Waals surface area contributed by atoms with Gasteiger partial charge in [-0.3, -0.25) is 4.90 Å². The molecule has 40 heavy (non-hydrogen) atoms. The summed E-state index contributed by atoms with van der Waals surface area (Å²) in [4.78, 5) is 2.78. The number of nitrogens with zero attached hydrogens (tertiary/aromatic N) is 1. The van der Waals surface area contributed by atoms with Gasteiger partial charge in [-0.25, -0.2) is 4.39 Å². The monoisotopic (exact) mass is 546 g/mol. The predicted octanol–water partition coefficient (Wildman–Crippen LogP) is 5.43. The molecule has 2 aromatic rings. The number of aromatic hydroxyl groups is 1. The van der Waals surface area contributed by atoms with E-state index in [2.05, 4.69) is 30.0 Å². The first kappa shape index (κ1) is 25.6. The van der Waals surface area contributed by atoms with Gasteiger partial charge >= 0.3 is 0 Å². The second-order valence-electron chi connectivity index (χ2n) is 13.9. The minimum atomic E-state index is -1.19. The normalized spacial score (nSPS) is 38.5. The van der Waals surface area contributed by atoms with Crippen LogP contribution >= 0.6 is 0 Å². The predicted molar refractivity (Wildman–Crippen MR) is 150 cm³/mol. The first-order valence-electron chi connectivity index (χ1n) is 15.6. The number of piperidine rings is 1. The Kier molecular flexibility index (Phi) is 5.40. The summed E-state index contributed by atoms with van der Waals surface area (Å²) in [5.74, 6) is 1.33. The molecule has 2 spiro atoms. The lowest BCUT2D eigenvalue weighted by Gasteiger charge is -2.75. The van der Waals surface area contributed by atoms with Crippen LogP contribution in [0.2, 0.25) is 0 Å². The lowest BCUT2D eigenvalue weighted by molar-refractivity contribution is -0.311. The van der Waals surface area contributed by atoms with Crippen molar-refractivity contribution in [1.29, 1.82) is 0 Å². The Morgan fingerprint density at radius 2 is 1.98 bits per heavy atom. The molecule has 2 aromatic carbocycles. The second-order valence-corrected chi connectivity index (χ2v) is 13.9. The topological polar surface area (TPSA) is 62.2 Å². The first-order valence-corrected chi connectivity index (χ1v) is 15.6. The van der Waals surface area contributed by atoms with Crippen LogP contribution in [0.5, 0.6) is 11.5 Å². The fourth-order valence-corrected chi connectivity index (χ4v) is 10.7. The van der Waals surface area contributed by atoms with Crippen molar-refractivity contribution in [3.8, 4) is 11.5 Å². The van der Waals surface area contributed by atoms with Crippen LogP contribution < -0.4 is 4.74 Å². The number of aryl methyl sites for hydroxylation is 1. The van der Waals surface area contributed by atoms with Gasteiger partial charge in [0, 0.05) is 34.9 Å². The van der Waals surface area contributed by atoms with Crippen molar-refractivity contribution in [3.05, 3.63) is 58.7 Å². The molecule has 2 aliphatic heterocycles. The molecule has 5 fully saturated rings. The number of likely N-dealkylation sites (tertiary alicyclic amines) is 1. The highest BCUT2D eigenvalue weighted by molar-refractivity contribution is 5.63. The third kappa shape index (κ3) is 2.98. The van der Waals surface area contributed by atoms with Crippen LogP contribution in [0.1, 0.15) is 74.6 Å². The van der Waals surface area contributed by atoms with E-state index in [1.807, 2.05) is 19.1 Å². The minimum absolute atomic E-state index is 0.0165. The van der Waals surface area contributed by atoms with E-state index in [9.17, 15) is 14.6 Å². The molecule has 4 bridgehead atoms. The number of benzene rings is 2. The quantitative estimate of drug-likeness (QED) is 0.463. The average molecular weight is 547 g/mol. The molecule has 6 heteroatoms. The summed E-state index contributed by atoms with van der Waals surface area (Å²) in [5.41, 5.74) is 2.11. The van der Waals surface area contributed by atoms with Gasteiger partial charge in [0.2, 0.25) is 0 Å². The molecule has 0 radical (unpaired) electrons. The zero-order valence-electron chi connectivity index (χ0n) is 23.8. The van der Waals surface area contributed by atoms with Crippen molar-refractivity contribution in [2.45, 2.75) is 94.0 Å². The Bertz CT molecular complexity index is 1360. The van der Waals surface area contributed by atoms with Crippen LogP contribution in [0.15, 0.2) is 36.4 Å². The highest BCUT2D eigenvalue weighted by atomic mass is 18.2. The molecule has 1 unspecified atom stereocenters. The molecule has 7 atom stereocenters. The number of aliphatic hydroxyl groups is 1. The van der Waals surface area contributed by atoms with Gasteiger partial charge < -0.3 is 19.7 Å². The Balaban J connectivity index is 1.35. The molecule has 214 valence electrons. The highest BCUT2D eigenvalue weighted by Gasteiger charge is 2.82. The molecule has 2 N–H and O–H groups in total. The standard InChI is InChI=1S/C34H42FNO4/c1-3-22-6-4-5-7-24(22)31(2,38)26-19-32-12-13-34(26,39-17-15-35)30-33(32)14-16-36(20-21-8-9-21)27(32)18-23-10-11-25(37)29(40-30)28(23)33/h4-7,10-11,21,26-27,30,37-38H,3,8-9,12-20H2,1-2H3/t26-,27-,30-,31?,32+,33+,34+/m1/s1/i35-1. The number of hydrogen-bond donors (Lipinski definition) is 2. The van der Waals surface area contributed by atoms with E-state index in [0.717, 1.165) is 68.7 Å². The summed E-state index contributed by atoms with van der Waals surface area (Å²) in [6.45, 7) is 5.66. The van der Waals surface area contributed by atoms with E-state index in [4.69, 9.17) is 9.47 Å². The summed E-state index contributed by atoms with van der Waals surface area (Å²) in [7, 11) is 0. The maximum atomic E-state index is 13.9. The SMILES string of the molecule is CCc1ccccc1C(C)(O)[C@H]1C[C@]23CC[C@@]1(OCC[18F])[C@@H]1Oc4c(O)ccc5c4[C@@]12CCN(CC1CC1)[C@@H]3C5. The van der Waals surface area contributed by atoms with Crippen molar-refractivity contribution >= 4 is 0 Å². The largest absolute Gasteiger partial charge is 0.504 e. The Labute approximate surface area is 236 Å². The van der Waals surface area contributed by atoms with Gasteiger partial charge in [-0.1, -0.05) is 37.3 Å². The van der Waals surface area contributed by atoms with Gasteiger partial charge in [-0.2, -0.15) is 0 Å². The lowest BCUT2D eigenvalue weighted by Crippen LogP contribution is -2.82. The Hall–Kier alpha value is -2.15. The molecule has 4 saturated carbocycles. The Morgan fingerprint density at radius 1 is 1.15 bits per heavy atom. The van der Waals surface area contributed by atoms with E-state index < -0.39 is 17.9 Å². The van der Waals surface area contributed by atoms with E-state index >= 15 is 0 Å². The average Bonchev–Trinajstić information content (AvgIpc) is 3.71. The van der Waals surface area contributed by atoms with E-state index in [0.29, 0.717) is 11.8 Å². The van der Waals surface area contributed by atoms with Crippen LogP contribution in [0, 0.1) is 17.3 Å². The summed E-state index contributed by atoms with van der Waals surface area (Å²) in [6, 6.07) is 12.5. The van der Waals surface area contributed by atoms with Gasteiger partial charge in [0.05, 0.1) is 12.2 Å². The summed E-state index contributed by atoms with van der Waals surface area (Å²) in [6.07, 6.45) is 7.52. The molecule has 2 heterocycles. The number of fused-ring (bicyclic) bond motifs is 2. The van der Waals surface area contributed by atoms with Crippen LogP contribution in [0.3, 0.4) is 0 Å². The van der Waals surface area contributed by atoms with Crippen molar-refractivity contribution in [1.82, 2.24) is 4.90 Å². The number of rotatable bonds is 8. The van der Waals surface area contributed by atoms with Crippen LogP contribution in [-0.4, -0.2) is 59.2 Å². The van der Waals surface area contributed by atoms with E-state index in [1.165, 1.54) is 24.0 Å². The van der Waals surface area contributed by atoms with Gasteiger partial charge in [0.25, 0.3) is 0 Å². The smallest absolute Gasteiger partial charge is 0.165 e. The fraction of sp³-hybridized carbons (Fsp3) is 0.647. The number of phenolic OH excluding ortho intramolecular Hbond substituents is 1. The van der Waals surface area contributed by atoms with Crippen molar-refractivity contribution in [3.63, 3.8) is 0 Å². The summed E-state index contributed by atoms with van der Waals surface area (Å²) < 4.78 is 27.6. The van der Waals surface area contributed by atoms with Crippen LogP contribution in [0.25, 0.3) is 0 Å². The van der Waals surface area contributed by atoms with Crippen molar-refractivity contribution in [2.24, 2.45) is 17.3 Å². The fourth-order valence-electron chi connectivity index (χ4n) is 10.7. The van der Waals surface area contributed by atoms with Gasteiger partial charge in [-0.15, -0.1) is 0 Å². The number of halogens is 1. The molecule has 5 nitrogen and oxygen atoms in total. The zero-order valence-corrected chi connectivity index (χ0v) is 23.8. The molecule has 0 amide bonds. The number of alkyl halides is 1. The molecule has 5 aliphatic carbocycles. The van der Waals surface area contributed by atoms with Crippen molar-refractivity contribution < 1.29 is 24.1 Å². The Morgan fingerprint density at radius 3 is 2.75 bits per heavy atom. The van der Waals surface area contributed by atoms with Gasteiger partial charge in [0.1, 0.15) is 18.4 Å². The van der Waals surface area contributed by atoms with E-state index in [1.54, 1.807) is 6.07 Å². The number of hydrogen-bond acceptors (Lipinski definition) is 5. The zero-order chi connectivity index (χ0) is 27.5. The number of phenols is 1. The third-order valence-corrected chi connectivity index (χ3v) is 12.3. The molecular weight excluding hydrogens is 504 g/mol. The van der Waals surface area contributed by atoms with Gasteiger partial charge in [-0.05, 0) is 93.5 Å². The van der Waals surface area contributed by atoms with Gasteiger partial charge in [0.15, 0.2) is 11.5 Å². The molecule has 9 rings (SSSR count). The highest BCUT2D eigenvalue weighted by Crippen LogP contribution is 2.78. The third-order valence-electron chi connectivity index (χ3n) is 12.3. The first-order chi connectivity index (χ1) is 19.3. The maximum Gasteiger partial charge on any atom is 0.165 e. The lowest BCUT2D eigenvalue weighted by atomic mass is 9.33. The molecular formula is C34H42FNO4. The summed E-state index contributed by atoms with van der Waals surface area (Å²) >= 11 is 0. The summed E-state index contributed by atoms with van der Waals surface area (Å²) in [5, 5.41) is 23.8. The number of ether oxygens (including phenoxy) is 2. The maximum absolute atomic E-state index is 13.9. The van der Waals surface area contributed by atoms with E-state index in [-0.39, 0.29) is 35.2 Å². The van der Waals surface area contributed by atoms with Crippen LogP contribution in [0.4, 0.5) is 4.39 Å². The van der Waals surface area contributed by atoms with Crippen LogP contribution in [-0.2, 0) is 28.6 Å². The molecule has 0 aromatic heterocycles. The minimum Gasteiger partial charge on any atom is -0.504 e.